The summed E-state index contributed by atoms with van der Waals surface area (Å²) in [5, 5.41) is 16.9. The van der Waals surface area contributed by atoms with Gasteiger partial charge in [-0.25, -0.2) is 9.67 Å². The topological polar surface area (TPSA) is 80.0 Å². The molecule has 6 heteroatoms. The van der Waals surface area contributed by atoms with Crippen molar-refractivity contribution in [1.82, 2.24) is 20.1 Å². The SMILES string of the molecule is O=C(NCC(O)C1CCCC1)c1ccc(-n2cncn2)cc1. The molecule has 1 unspecified atom stereocenters. The molecule has 116 valence electrons. The van der Waals surface area contributed by atoms with Crippen molar-refractivity contribution in [2.75, 3.05) is 6.54 Å². The molecule has 0 bridgehead atoms. The number of hydrogen-bond acceptors (Lipinski definition) is 4. The Morgan fingerprint density at radius 1 is 1.32 bits per heavy atom. The van der Waals surface area contributed by atoms with Crippen LogP contribution in [0.1, 0.15) is 36.0 Å². The third-order valence-corrected chi connectivity index (χ3v) is 4.23. The average molecular weight is 300 g/mol. The first-order valence-electron chi connectivity index (χ1n) is 7.65. The van der Waals surface area contributed by atoms with Crippen LogP contribution in [0.2, 0.25) is 0 Å². The van der Waals surface area contributed by atoms with Crippen molar-refractivity contribution in [3.05, 3.63) is 42.5 Å². The molecule has 0 saturated heterocycles. The van der Waals surface area contributed by atoms with Gasteiger partial charge in [-0.05, 0) is 43.0 Å². The highest BCUT2D eigenvalue weighted by Gasteiger charge is 2.23. The fourth-order valence-electron chi connectivity index (χ4n) is 2.92. The van der Waals surface area contributed by atoms with E-state index in [0.29, 0.717) is 18.0 Å². The van der Waals surface area contributed by atoms with Crippen molar-refractivity contribution >= 4 is 5.91 Å². The summed E-state index contributed by atoms with van der Waals surface area (Å²) in [5.74, 6) is 0.164. The number of benzene rings is 1. The molecule has 1 aromatic heterocycles. The van der Waals surface area contributed by atoms with Gasteiger partial charge in [-0.3, -0.25) is 4.79 Å². The second-order valence-electron chi connectivity index (χ2n) is 5.71. The van der Waals surface area contributed by atoms with E-state index in [4.69, 9.17) is 0 Å². The van der Waals surface area contributed by atoms with E-state index < -0.39 is 6.10 Å². The summed E-state index contributed by atoms with van der Waals surface area (Å²) in [6.45, 7) is 0.314. The molecule has 0 spiro atoms. The molecule has 6 nitrogen and oxygen atoms in total. The molecule has 2 aromatic rings. The first-order valence-corrected chi connectivity index (χ1v) is 7.65. The molecule has 0 radical (unpaired) electrons. The summed E-state index contributed by atoms with van der Waals surface area (Å²) >= 11 is 0. The van der Waals surface area contributed by atoms with E-state index in [0.717, 1.165) is 18.5 Å². The van der Waals surface area contributed by atoms with E-state index in [1.807, 2.05) is 12.1 Å². The number of amides is 1. The van der Waals surface area contributed by atoms with Crippen LogP contribution in [0.4, 0.5) is 0 Å². The van der Waals surface area contributed by atoms with E-state index in [1.165, 1.54) is 19.2 Å². The lowest BCUT2D eigenvalue weighted by Gasteiger charge is -2.18. The minimum atomic E-state index is -0.444. The largest absolute Gasteiger partial charge is 0.391 e. The Kier molecular flexibility index (Phi) is 4.48. The normalized spacial score (nSPS) is 16.6. The van der Waals surface area contributed by atoms with Gasteiger partial charge < -0.3 is 10.4 Å². The van der Waals surface area contributed by atoms with Gasteiger partial charge in [-0.15, -0.1) is 0 Å². The van der Waals surface area contributed by atoms with Crippen LogP contribution in [0.3, 0.4) is 0 Å². The number of hydrogen-bond donors (Lipinski definition) is 2. The third kappa shape index (κ3) is 3.33. The molecule has 2 N–H and O–H groups in total. The lowest BCUT2D eigenvalue weighted by molar-refractivity contribution is 0.0840. The quantitative estimate of drug-likeness (QED) is 0.878. The Morgan fingerprint density at radius 3 is 2.68 bits per heavy atom. The molecule has 1 aromatic carbocycles. The van der Waals surface area contributed by atoms with Crippen LogP contribution in [0, 0.1) is 5.92 Å². The summed E-state index contributed by atoms with van der Waals surface area (Å²) in [7, 11) is 0. The summed E-state index contributed by atoms with van der Waals surface area (Å²) in [4.78, 5) is 16.0. The number of carbonyl (C=O) groups excluding carboxylic acids is 1. The van der Waals surface area contributed by atoms with Crippen LogP contribution in [-0.2, 0) is 0 Å². The number of nitrogens with zero attached hydrogens (tertiary/aromatic N) is 3. The maximum Gasteiger partial charge on any atom is 0.251 e. The fraction of sp³-hybridized carbons (Fsp3) is 0.438. The summed E-state index contributed by atoms with van der Waals surface area (Å²) in [6, 6.07) is 7.12. The number of aromatic nitrogens is 3. The molecule has 1 aliphatic rings. The zero-order valence-corrected chi connectivity index (χ0v) is 12.4. The monoisotopic (exact) mass is 300 g/mol. The molecule has 1 aliphatic carbocycles. The fourth-order valence-corrected chi connectivity index (χ4v) is 2.92. The third-order valence-electron chi connectivity index (χ3n) is 4.23. The molecule has 0 aliphatic heterocycles. The summed E-state index contributed by atoms with van der Waals surface area (Å²) in [6.07, 6.45) is 7.10. The van der Waals surface area contributed by atoms with Gasteiger partial charge in [0.25, 0.3) is 5.91 Å². The van der Waals surface area contributed by atoms with Crippen molar-refractivity contribution < 1.29 is 9.90 Å². The van der Waals surface area contributed by atoms with Crippen molar-refractivity contribution in [1.29, 1.82) is 0 Å². The highest BCUT2D eigenvalue weighted by Crippen LogP contribution is 2.27. The number of aliphatic hydroxyl groups is 1. The van der Waals surface area contributed by atoms with Gasteiger partial charge in [0.15, 0.2) is 0 Å². The molecule has 22 heavy (non-hydrogen) atoms. The van der Waals surface area contributed by atoms with Crippen LogP contribution in [-0.4, -0.2) is 38.4 Å². The zero-order chi connectivity index (χ0) is 15.4. The molecule has 3 rings (SSSR count). The van der Waals surface area contributed by atoms with E-state index in [9.17, 15) is 9.90 Å². The van der Waals surface area contributed by atoms with E-state index in [2.05, 4.69) is 15.4 Å². The second kappa shape index (κ2) is 6.70. The lowest BCUT2D eigenvalue weighted by Crippen LogP contribution is -2.35. The summed E-state index contributed by atoms with van der Waals surface area (Å²) < 4.78 is 1.63. The number of rotatable bonds is 5. The van der Waals surface area contributed by atoms with Gasteiger partial charge in [0.2, 0.25) is 0 Å². The molecule has 1 saturated carbocycles. The average Bonchev–Trinajstić information content (AvgIpc) is 3.25. The van der Waals surface area contributed by atoms with Crippen LogP contribution in [0.15, 0.2) is 36.9 Å². The minimum absolute atomic E-state index is 0.165. The molecule has 1 amide bonds. The Hall–Kier alpha value is -2.21. The van der Waals surface area contributed by atoms with Crippen LogP contribution in [0.25, 0.3) is 5.69 Å². The Balaban J connectivity index is 1.55. The molecular weight excluding hydrogens is 280 g/mol. The molecule has 1 heterocycles. The predicted molar refractivity (Wildman–Crippen MR) is 81.7 cm³/mol. The Morgan fingerprint density at radius 2 is 2.05 bits per heavy atom. The van der Waals surface area contributed by atoms with Crippen LogP contribution in [0.5, 0.6) is 0 Å². The highest BCUT2D eigenvalue weighted by atomic mass is 16.3. The van der Waals surface area contributed by atoms with Gasteiger partial charge in [-0.2, -0.15) is 5.10 Å². The van der Waals surface area contributed by atoms with Crippen molar-refractivity contribution in [2.24, 2.45) is 5.92 Å². The highest BCUT2D eigenvalue weighted by molar-refractivity contribution is 5.94. The maximum atomic E-state index is 12.1. The number of aliphatic hydroxyl groups excluding tert-OH is 1. The maximum absolute atomic E-state index is 12.1. The molecule has 1 atom stereocenters. The van der Waals surface area contributed by atoms with Gasteiger partial charge in [0.1, 0.15) is 12.7 Å². The van der Waals surface area contributed by atoms with Crippen molar-refractivity contribution in [3.63, 3.8) is 0 Å². The smallest absolute Gasteiger partial charge is 0.251 e. The van der Waals surface area contributed by atoms with Gasteiger partial charge in [0.05, 0.1) is 11.8 Å². The number of nitrogens with one attached hydrogen (secondary N) is 1. The Labute approximate surface area is 129 Å². The standard InChI is InChI=1S/C16H20N4O2/c21-15(12-3-1-2-4-12)9-18-16(22)13-5-7-14(8-6-13)20-11-17-10-19-20/h5-8,10-12,15,21H,1-4,9H2,(H,18,22). The van der Waals surface area contributed by atoms with Crippen LogP contribution < -0.4 is 5.32 Å². The number of carbonyl (C=O) groups is 1. The van der Waals surface area contributed by atoms with Gasteiger partial charge >= 0.3 is 0 Å². The predicted octanol–water partition coefficient (Wildman–Crippen LogP) is 1.55. The molecular formula is C16H20N4O2. The van der Waals surface area contributed by atoms with Crippen LogP contribution >= 0.6 is 0 Å². The van der Waals surface area contributed by atoms with E-state index in [1.54, 1.807) is 23.1 Å². The minimum Gasteiger partial charge on any atom is -0.391 e. The van der Waals surface area contributed by atoms with E-state index in [-0.39, 0.29) is 5.91 Å². The van der Waals surface area contributed by atoms with Crippen molar-refractivity contribution in [3.8, 4) is 5.69 Å². The van der Waals surface area contributed by atoms with Gasteiger partial charge in [0, 0.05) is 12.1 Å². The van der Waals surface area contributed by atoms with Gasteiger partial charge in [-0.1, -0.05) is 12.8 Å². The summed E-state index contributed by atoms with van der Waals surface area (Å²) in [5.41, 5.74) is 1.42. The first kappa shape index (κ1) is 14.7. The lowest BCUT2D eigenvalue weighted by atomic mass is 10.0. The van der Waals surface area contributed by atoms with Crippen molar-refractivity contribution in [2.45, 2.75) is 31.8 Å². The molecule has 1 fully saturated rings. The van der Waals surface area contributed by atoms with E-state index >= 15 is 0 Å². The first-order chi connectivity index (χ1) is 10.7. The second-order valence-corrected chi connectivity index (χ2v) is 5.71. The Bertz CT molecular complexity index is 604. The zero-order valence-electron chi connectivity index (χ0n) is 12.4.